The maximum Gasteiger partial charge on any atom is 0.0163 e. The Morgan fingerprint density at radius 1 is 1.40 bits per heavy atom. The van der Waals surface area contributed by atoms with Crippen LogP contribution in [0.3, 0.4) is 0 Å². The van der Waals surface area contributed by atoms with Gasteiger partial charge in [-0.3, -0.25) is 4.90 Å². The molecule has 2 atom stereocenters. The molecule has 0 aromatic carbocycles. The summed E-state index contributed by atoms with van der Waals surface area (Å²) in [5, 5.41) is 3.62. The van der Waals surface area contributed by atoms with E-state index in [-0.39, 0.29) is 0 Å². The first-order chi connectivity index (χ1) is 7.31. The smallest absolute Gasteiger partial charge is 0.0163 e. The molecule has 0 radical (unpaired) electrons. The molecule has 0 aromatic heterocycles. The van der Waals surface area contributed by atoms with Crippen LogP contribution in [0.4, 0.5) is 0 Å². The van der Waals surface area contributed by atoms with Crippen LogP contribution in [-0.2, 0) is 0 Å². The molecule has 0 bridgehead atoms. The van der Waals surface area contributed by atoms with Gasteiger partial charge in [0.05, 0.1) is 0 Å². The third kappa shape index (κ3) is 3.96. The number of allylic oxidation sites excluding steroid dienone is 1. The van der Waals surface area contributed by atoms with Crippen molar-refractivity contribution in [1.29, 1.82) is 0 Å². The van der Waals surface area contributed by atoms with E-state index in [0.29, 0.717) is 0 Å². The molecule has 2 unspecified atom stereocenters. The average molecular weight is 210 g/mol. The molecular formula is C13H26N2. The van der Waals surface area contributed by atoms with Crippen LogP contribution < -0.4 is 5.32 Å². The number of rotatable bonds is 5. The Labute approximate surface area is 94.7 Å². The molecule has 0 aliphatic carbocycles. The van der Waals surface area contributed by atoms with Crippen molar-refractivity contribution in [2.75, 3.05) is 26.2 Å². The van der Waals surface area contributed by atoms with Crippen molar-refractivity contribution >= 4 is 0 Å². The van der Waals surface area contributed by atoms with Crippen LogP contribution >= 0.6 is 0 Å². The third-order valence-electron chi connectivity index (χ3n) is 3.41. The van der Waals surface area contributed by atoms with E-state index in [2.05, 4.69) is 43.1 Å². The van der Waals surface area contributed by atoms with E-state index in [1.807, 2.05) is 0 Å². The number of hydrogen-bond donors (Lipinski definition) is 1. The van der Waals surface area contributed by atoms with Gasteiger partial charge in [0.15, 0.2) is 0 Å². The lowest BCUT2D eigenvalue weighted by molar-refractivity contribution is 0.147. The minimum atomic E-state index is 0.752. The SMILES string of the molecule is C/C=C/CN1CCC(NCC)C(CC)C1. The van der Waals surface area contributed by atoms with E-state index in [1.165, 1.54) is 25.9 Å². The Morgan fingerprint density at radius 3 is 2.80 bits per heavy atom. The van der Waals surface area contributed by atoms with Crippen LogP contribution in [0.2, 0.25) is 0 Å². The molecule has 1 heterocycles. The Kier molecular flexibility index (Phi) is 5.96. The lowest BCUT2D eigenvalue weighted by atomic mass is 9.90. The predicted molar refractivity (Wildman–Crippen MR) is 67.1 cm³/mol. The summed E-state index contributed by atoms with van der Waals surface area (Å²) in [7, 11) is 0. The minimum Gasteiger partial charge on any atom is -0.314 e. The molecule has 1 fully saturated rings. The maximum atomic E-state index is 3.62. The van der Waals surface area contributed by atoms with Crippen LogP contribution in [0.25, 0.3) is 0 Å². The molecule has 15 heavy (non-hydrogen) atoms. The summed E-state index contributed by atoms with van der Waals surface area (Å²) in [6.45, 7) is 11.4. The van der Waals surface area contributed by atoms with Gasteiger partial charge < -0.3 is 5.32 Å². The van der Waals surface area contributed by atoms with Gasteiger partial charge >= 0.3 is 0 Å². The quantitative estimate of drug-likeness (QED) is 0.700. The normalized spacial score (nSPS) is 28.7. The lowest BCUT2D eigenvalue weighted by Gasteiger charge is -2.38. The molecule has 1 N–H and O–H groups in total. The highest BCUT2D eigenvalue weighted by molar-refractivity contribution is 4.88. The molecule has 1 aliphatic heterocycles. The largest absolute Gasteiger partial charge is 0.314 e. The zero-order valence-electron chi connectivity index (χ0n) is 10.5. The van der Waals surface area contributed by atoms with Gasteiger partial charge in [-0.1, -0.05) is 32.4 Å². The second-order valence-electron chi connectivity index (χ2n) is 4.45. The van der Waals surface area contributed by atoms with Crippen LogP contribution in [0.1, 0.15) is 33.6 Å². The monoisotopic (exact) mass is 210 g/mol. The highest BCUT2D eigenvalue weighted by Crippen LogP contribution is 2.19. The maximum absolute atomic E-state index is 3.62. The first kappa shape index (κ1) is 12.7. The van der Waals surface area contributed by atoms with E-state index in [0.717, 1.165) is 25.0 Å². The van der Waals surface area contributed by atoms with Crippen molar-refractivity contribution < 1.29 is 0 Å². The fourth-order valence-corrected chi connectivity index (χ4v) is 2.47. The zero-order chi connectivity index (χ0) is 11.1. The highest BCUT2D eigenvalue weighted by atomic mass is 15.1. The van der Waals surface area contributed by atoms with Crippen molar-refractivity contribution in [3.05, 3.63) is 12.2 Å². The topological polar surface area (TPSA) is 15.3 Å². The lowest BCUT2D eigenvalue weighted by Crippen LogP contribution is -2.49. The average Bonchev–Trinajstić information content (AvgIpc) is 2.28. The first-order valence-electron chi connectivity index (χ1n) is 6.38. The van der Waals surface area contributed by atoms with E-state index in [9.17, 15) is 0 Å². The Balaban J connectivity index is 2.39. The Hall–Kier alpha value is -0.340. The van der Waals surface area contributed by atoms with Gasteiger partial charge in [-0.25, -0.2) is 0 Å². The predicted octanol–water partition coefficient (Wildman–Crippen LogP) is 2.27. The van der Waals surface area contributed by atoms with Gasteiger partial charge in [-0.2, -0.15) is 0 Å². The molecule has 0 saturated carbocycles. The summed E-state index contributed by atoms with van der Waals surface area (Å²) in [5.74, 6) is 0.837. The third-order valence-corrected chi connectivity index (χ3v) is 3.41. The second kappa shape index (κ2) is 7.02. The van der Waals surface area contributed by atoms with Crippen molar-refractivity contribution in [2.45, 2.75) is 39.7 Å². The summed E-state index contributed by atoms with van der Waals surface area (Å²) in [6.07, 6.45) is 7.02. The van der Waals surface area contributed by atoms with E-state index < -0.39 is 0 Å². The van der Waals surface area contributed by atoms with Crippen molar-refractivity contribution in [2.24, 2.45) is 5.92 Å². The fourth-order valence-electron chi connectivity index (χ4n) is 2.47. The van der Waals surface area contributed by atoms with Crippen LogP contribution in [0, 0.1) is 5.92 Å². The van der Waals surface area contributed by atoms with Crippen LogP contribution in [0.15, 0.2) is 12.2 Å². The van der Waals surface area contributed by atoms with E-state index in [4.69, 9.17) is 0 Å². The van der Waals surface area contributed by atoms with E-state index in [1.54, 1.807) is 0 Å². The molecule has 1 aliphatic rings. The number of nitrogens with zero attached hydrogens (tertiary/aromatic N) is 1. The first-order valence-corrected chi connectivity index (χ1v) is 6.38. The summed E-state index contributed by atoms with van der Waals surface area (Å²) in [4.78, 5) is 2.57. The minimum absolute atomic E-state index is 0.752. The summed E-state index contributed by atoms with van der Waals surface area (Å²) in [5.41, 5.74) is 0. The van der Waals surface area contributed by atoms with Gasteiger partial charge in [0.25, 0.3) is 0 Å². The van der Waals surface area contributed by atoms with Crippen LogP contribution in [-0.4, -0.2) is 37.1 Å². The molecule has 0 aromatic rings. The molecular weight excluding hydrogens is 184 g/mol. The number of nitrogens with one attached hydrogen (secondary N) is 1. The summed E-state index contributed by atoms with van der Waals surface area (Å²) >= 11 is 0. The summed E-state index contributed by atoms with van der Waals surface area (Å²) in [6, 6.07) is 0.752. The van der Waals surface area contributed by atoms with Gasteiger partial charge in [-0.15, -0.1) is 0 Å². The van der Waals surface area contributed by atoms with Gasteiger partial charge in [-0.05, 0) is 32.4 Å². The van der Waals surface area contributed by atoms with Crippen molar-refractivity contribution in [3.8, 4) is 0 Å². The van der Waals surface area contributed by atoms with Crippen molar-refractivity contribution in [3.63, 3.8) is 0 Å². The van der Waals surface area contributed by atoms with Gasteiger partial charge in [0, 0.05) is 19.1 Å². The molecule has 0 spiro atoms. The second-order valence-corrected chi connectivity index (χ2v) is 4.45. The highest BCUT2D eigenvalue weighted by Gasteiger charge is 2.26. The molecule has 2 nitrogen and oxygen atoms in total. The Bertz CT molecular complexity index is 189. The molecule has 1 saturated heterocycles. The van der Waals surface area contributed by atoms with Crippen LogP contribution in [0.5, 0.6) is 0 Å². The Morgan fingerprint density at radius 2 is 2.20 bits per heavy atom. The molecule has 0 amide bonds. The molecule has 2 heteroatoms. The van der Waals surface area contributed by atoms with E-state index >= 15 is 0 Å². The van der Waals surface area contributed by atoms with Gasteiger partial charge in [0.1, 0.15) is 0 Å². The zero-order valence-corrected chi connectivity index (χ0v) is 10.5. The summed E-state index contributed by atoms with van der Waals surface area (Å²) < 4.78 is 0. The standard InChI is InChI=1S/C13H26N2/c1-4-7-9-15-10-8-13(14-6-3)12(5-2)11-15/h4,7,12-14H,5-6,8-11H2,1-3H3/b7-4+. The fraction of sp³-hybridized carbons (Fsp3) is 0.846. The van der Waals surface area contributed by atoms with Crippen molar-refractivity contribution in [1.82, 2.24) is 10.2 Å². The number of piperidine rings is 1. The van der Waals surface area contributed by atoms with Gasteiger partial charge in [0.2, 0.25) is 0 Å². The number of hydrogen-bond acceptors (Lipinski definition) is 2. The molecule has 88 valence electrons. The number of likely N-dealkylation sites (tertiary alicyclic amines) is 1. The molecule has 1 rings (SSSR count).